The summed E-state index contributed by atoms with van der Waals surface area (Å²) in [5, 5.41) is 14.8. The molecule has 0 radical (unpaired) electrons. The highest BCUT2D eigenvalue weighted by Gasteiger charge is 2.15. The predicted octanol–water partition coefficient (Wildman–Crippen LogP) is 4.37. The molecule has 1 aromatic heterocycles. The van der Waals surface area contributed by atoms with Gasteiger partial charge in [-0.3, -0.25) is 10.1 Å². The Labute approximate surface area is 159 Å². The normalized spacial score (nSPS) is 10.1. The van der Waals surface area contributed by atoms with Crippen molar-refractivity contribution in [3.8, 4) is 11.5 Å². The fraction of sp³-hybridized carbons (Fsp3) is 0.125. The lowest BCUT2D eigenvalue weighted by Gasteiger charge is -2.12. The van der Waals surface area contributed by atoms with E-state index in [0.717, 1.165) is 0 Å². The lowest BCUT2D eigenvalue weighted by molar-refractivity contribution is -0.384. The van der Waals surface area contributed by atoms with E-state index < -0.39 is 4.92 Å². The number of ether oxygens (including phenoxy) is 2. The molecule has 2 aromatic carbocycles. The highest BCUT2D eigenvalue weighted by atomic mass is 35.5. The van der Waals surface area contributed by atoms with Crippen LogP contribution in [0.4, 0.5) is 17.2 Å². The Kier molecular flexibility index (Phi) is 6.01. The van der Waals surface area contributed by atoms with Gasteiger partial charge in [-0.15, -0.1) is 12.4 Å². The Morgan fingerprint density at radius 1 is 1.12 bits per heavy atom. The lowest BCUT2D eigenvalue weighted by atomic mass is 10.2. The van der Waals surface area contributed by atoms with Gasteiger partial charge in [-0.1, -0.05) is 11.6 Å². The van der Waals surface area contributed by atoms with Crippen molar-refractivity contribution in [3.05, 3.63) is 51.8 Å². The number of nitrogens with zero attached hydrogens (tertiary/aromatic N) is 3. The van der Waals surface area contributed by atoms with Gasteiger partial charge in [0.25, 0.3) is 5.69 Å². The molecule has 0 atom stereocenters. The topological polar surface area (TPSA) is 99.4 Å². The van der Waals surface area contributed by atoms with E-state index >= 15 is 0 Å². The second-order valence-corrected chi connectivity index (χ2v) is 5.40. The van der Waals surface area contributed by atoms with Crippen LogP contribution in [-0.4, -0.2) is 29.1 Å². The largest absolute Gasteiger partial charge is 0.493 e. The van der Waals surface area contributed by atoms with Gasteiger partial charge in [0.1, 0.15) is 17.2 Å². The molecule has 0 saturated carbocycles. The van der Waals surface area contributed by atoms with Crippen LogP contribution in [0.1, 0.15) is 0 Å². The van der Waals surface area contributed by atoms with Crippen molar-refractivity contribution in [2.45, 2.75) is 0 Å². The summed E-state index contributed by atoms with van der Waals surface area (Å²) in [5.41, 5.74) is 0.925. The number of anilines is 2. The summed E-state index contributed by atoms with van der Waals surface area (Å²) in [5.74, 6) is 1.54. The standard InChI is InChI=1S/C16H13ClN4O4.ClH/c1-24-14-6-10-12(7-15(14)25-2)18-8-19-16(10)20-9-3-4-11(17)13(5-9)21(22)23;/h3-8H,1-2H3,(H,18,19,20);1H. The van der Waals surface area contributed by atoms with E-state index in [1.54, 1.807) is 18.2 Å². The van der Waals surface area contributed by atoms with Gasteiger partial charge in [-0.05, 0) is 18.2 Å². The molecule has 0 unspecified atom stereocenters. The molecular formula is C16H14Cl2N4O4. The maximum atomic E-state index is 11.0. The van der Waals surface area contributed by atoms with Gasteiger partial charge in [-0.25, -0.2) is 9.97 Å². The average molecular weight is 397 g/mol. The number of nitrogens with one attached hydrogen (secondary N) is 1. The first-order valence-electron chi connectivity index (χ1n) is 7.11. The molecule has 26 heavy (non-hydrogen) atoms. The first-order valence-corrected chi connectivity index (χ1v) is 7.49. The van der Waals surface area contributed by atoms with Crippen LogP contribution in [0.3, 0.4) is 0 Å². The zero-order chi connectivity index (χ0) is 18.0. The van der Waals surface area contributed by atoms with E-state index in [0.29, 0.717) is 33.9 Å². The molecule has 1 heterocycles. The summed E-state index contributed by atoms with van der Waals surface area (Å²) in [4.78, 5) is 18.9. The van der Waals surface area contributed by atoms with E-state index in [-0.39, 0.29) is 23.1 Å². The van der Waals surface area contributed by atoms with Gasteiger partial charge in [0.2, 0.25) is 0 Å². The van der Waals surface area contributed by atoms with Crippen LogP contribution in [0, 0.1) is 10.1 Å². The molecule has 136 valence electrons. The van der Waals surface area contributed by atoms with E-state index in [1.807, 2.05) is 0 Å². The molecule has 0 aliphatic heterocycles. The SMILES string of the molecule is COc1cc2ncnc(Nc3ccc(Cl)c([N+](=O)[O-])c3)c2cc1OC.Cl. The first-order chi connectivity index (χ1) is 12.0. The number of halogens is 2. The van der Waals surface area contributed by atoms with E-state index in [4.69, 9.17) is 21.1 Å². The minimum absolute atomic E-state index is 0. The summed E-state index contributed by atoms with van der Waals surface area (Å²) in [6.07, 6.45) is 1.39. The van der Waals surface area contributed by atoms with Crippen LogP contribution in [0.2, 0.25) is 5.02 Å². The minimum atomic E-state index is -0.542. The van der Waals surface area contributed by atoms with Gasteiger partial charge >= 0.3 is 0 Å². The smallest absolute Gasteiger partial charge is 0.289 e. The molecule has 0 amide bonds. The zero-order valence-corrected chi connectivity index (χ0v) is 15.3. The summed E-state index contributed by atoms with van der Waals surface area (Å²) < 4.78 is 10.6. The summed E-state index contributed by atoms with van der Waals surface area (Å²) in [6, 6.07) is 7.89. The van der Waals surface area contributed by atoms with E-state index in [2.05, 4.69) is 15.3 Å². The van der Waals surface area contributed by atoms with Crippen LogP contribution in [0.15, 0.2) is 36.7 Å². The Morgan fingerprint density at radius 3 is 2.46 bits per heavy atom. The Balaban J connectivity index is 0.00000243. The van der Waals surface area contributed by atoms with Crippen molar-refractivity contribution < 1.29 is 14.4 Å². The van der Waals surface area contributed by atoms with Crippen molar-refractivity contribution in [3.63, 3.8) is 0 Å². The molecule has 3 aromatic rings. The highest BCUT2D eigenvalue weighted by Crippen LogP contribution is 2.35. The molecule has 10 heteroatoms. The number of fused-ring (bicyclic) bond motifs is 1. The average Bonchev–Trinajstić information content (AvgIpc) is 2.62. The van der Waals surface area contributed by atoms with Crippen molar-refractivity contribution in [2.24, 2.45) is 0 Å². The molecule has 0 fully saturated rings. The number of nitro benzene ring substituents is 1. The zero-order valence-electron chi connectivity index (χ0n) is 13.7. The molecule has 0 aliphatic carbocycles. The van der Waals surface area contributed by atoms with Gasteiger partial charge in [-0.2, -0.15) is 0 Å². The maximum Gasteiger partial charge on any atom is 0.289 e. The predicted molar refractivity (Wildman–Crippen MR) is 101 cm³/mol. The van der Waals surface area contributed by atoms with Gasteiger partial charge < -0.3 is 14.8 Å². The second-order valence-electron chi connectivity index (χ2n) is 4.99. The fourth-order valence-corrected chi connectivity index (χ4v) is 2.54. The number of nitro groups is 1. The summed E-state index contributed by atoms with van der Waals surface area (Å²) in [7, 11) is 3.07. The summed E-state index contributed by atoms with van der Waals surface area (Å²) in [6.45, 7) is 0. The fourth-order valence-electron chi connectivity index (χ4n) is 2.35. The number of aromatic nitrogens is 2. The van der Waals surface area contributed by atoms with Gasteiger partial charge in [0.15, 0.2) is 11.5 Å². The highest BCUT2D eigenvalue weighted by molar-refractivity contribution is 6.32. The van der Waals surface area contributed by atoms with Crippen LogP contribution < -0.4 is 14.8 Å². The van der Waals surface area contributed by atoms with Gasteiger partial charge in [0.05, 0.1) is 24.7 Å². The lowest BCUT2D eigenvalue weighted by Crippen LogP contribution is -1.99. The molecule has 1 N–H and O–H groups in total. The number of rotatable bonds is 5. The molecular weight excluding hydrogens is 383 g/mol. The molecule has 0 bridgehead atoms. The minimum Gasteiger partial charge on any atom is -0.493 e. The van der Waals surface area contributed by atoms with Crippen molar-refractivity contribution in [1.82, 2.24) is 9.97 Å². The first kappa shape index (κ1) is 19.5. The Hall–Kier alpha value is -2.84. The van der Waals surface area contributed by atoms with Crippen LogP contribution >= 0.6 is 24.0 Å². The Morgan fingerprint density at radius 2 is 1.81 bits per heavy atom. The van der Waals surface area contributed by atoms with E-state index in [9.17, 15) is 10.1 Å². The molecule has 8 nitrogen and oxygen atoms in total. The quantitative estimate of drug-likeness (QED) is 0.504. The summed E-state index contributed by atoms with van der Waals surface area (Å²) >= 11 is 5.84. The van der Waals surface area contributed by atoms with Crippen LogP contribution in [0.25, 0.3) is 10.9 Å². The van der Waals surface area contributed by atoms with Crippen molar-refractivity contribution in [2.75, 3.05) is 19.5 Å². The monoisotopic (exact) mass is 396 g/mol. The number of hydrogen-bond acceptors (Lipinski definition) is 7. The van der Waals surface area contributed by atoms with Crippen LogP contribution in [0.5, 0.6) is 11.5 Å². The number of hydrogen-bond donors (Lipinski definition) is 1. The molecule has 0 aliphatic rings. The molecule has 0 saturated heterocycles. The maximum absolute atomic E-state index is 11.0. The van der Waals surface area contributed by atoms with Crippen molar-refractivity contribution in [1.29, 1.82) is 0 Å². The third-order valence-electron chi connectivity index (χ3n) is 3.55. The molecule has 0 spiro atoms. The molecule has 3 rings (SSSR count). The number of methoxy groups -OCH3 is 2. The Bertz CT molecular complexity index is 968. The number of benzene rings is 2. The van der Waals surface area contributed by atoms with Crippen LogP contribution in [-0.2, 0) is 0 Å². The van der Waals surface area contributed by atoms with Gasteiger partial charge in [0, 0.05) is 23.2 Å². The third-order valence-corrected chi connectivity index (χ3v) is 3.87. The third kappa shape index (κ3) is 3.71. The van der Waals surface area contributed by atoms with E-state index in [1.165, 1.54) is 32.7 Å². The van der Waals surface area contributed by atoms with Crippen molar-refractivity contribution >= 4 is 52.1 Å². The second kappa shape index (κ2) is 8.03.